The summed E-state index contributed by atoms with van der Waals surface area (Å²) in [4.78, 5) is 25.8. The lowest BCUT2D eigenvalue weighted by Crippen LogP contribution is -2.34. The zero-order valence-electron chi connectivity index (χ0n) is 11.0. The van der Waals surface area contributed by atoms with Crippen molar-refractivity contribution in [3.8, 4) is 6.07 Å². The van der Waals surface area contributed by atoms with Gasteiger partial charge >= 0.3 is 11.1 Å². The molecular formula is C11H17N5O2S. The van der Waals surface area contributed by atoms with Crippen LogP contribution in [0.25, 0.3) is 0 Å². The highest BCUT2D eigenvalue weighted by molar-refractivity contribution is 7.99. The molecule has 0 aliphatic rings. The number of hydrogen-bond acceptors (Lipinski definition) is 6. The molecule has 0 radical (unpaired) electrons. The molecule has 1 atom stereocenters. The molecule has 1 rings (SSSR count). The molecule has 0 bridgehead atoms. The maximum absolute atomic E-state index is 11.1. The Balaban J connectivity index is 2.43. The van der Waals surface area contributed by atoms with Crippen LogP contribution in [0.2, 0.25) is 0 Å². The van der Waals surface area contributed by atoms with Crippen LogP contribution in [0.5, 0.6) is 0 Å². The van der Waals surface area contributed by atoms with Crippen molar-refractivity contribution >= 4 is 11.8 Å². The van der Waals surface area contributed by atoms with Crippen molar-refractivity contribution in [2.24, 2.45) is 12.8 Å². The lowest BCUT2D eigenvalue weighted by molar-refractivity contribution is 0.518. The number of nitrogens with two attached hydrogens (primary N) is 1. The van der Waals surface area contributed by atoms with E-state index in [2.05, 4.69) is 10.1 Å². The third-order valence-electron chi connectivity index (χ3n) is 2.52. The van der Waals surface area contributed by atoms with Gasteiger partial charge in [0.05, 0.1) is 6.07 Å². The zero-order valence-corrected chi connectivity index (χ0v) is 11.8. The van der Waals surface area contributed by atoms with E-state index in [1.54, 1.807) is 14.0 Å². The summed E-state index contributed by atoms with van der Waals surface area (Å²) in [5.41, 5.74) is 3.42. The first-order chi connectivity index (χ1) is 8.85. The second-order valence-corrected chi connectivity index (χ2v) is 5.60. The summed E-state index contributed by atoms with van der Waals surface area (Å²) in [7, 11) is 1.63. The fraction of sp³-hybridized carbons (Fsp3) is 0.636. The highest BCUT2D eigenvalue weighted by Gasteiger charge is 2.15. The van der Waals surface area contributed by atoms with E-state index in [0.29, 0.717) is 11.6 Å². The maximum atomic E-state index is 11.1. The van der Waals surface area contributed by atoms with Gasteiger partial charge in [-0.25, -0.2) is 0 Å². The van der Waals surface area contributed by atoms with Crippen molar-refractivity contribution in [3.05, 3.63) is 20.7 Å². The molecule has 3 N–H and O–H groups in total. The second kappa shape index (κ2) is 6.54. The fourth-order valence-electron chi connectivity index (χ4n) is 1.40. The molecule has 8 heteroatoms. The number of nitrogens with one attached hydrogen (secondary N) is 1. The average Bonchev–Trinajstić information content (AvgIpc) is 2.35. The number of rotatable bonds is 6. The molecule has 1 heterocycles. The van der Waals surface area contributed by atoms with Crippen LogP contribution in [-0.4, -0.2) is 26.1 Å². The van der Waals surface area contributed by atoms with Gasteiger partial charge in [-0.15, -0.1) is 0 Å². The standard InChI is InChI=1S/C11H17N5O2S/c1-11(13,7-12)5-3-4-6-19-10-14-8(17)9(18)15-16(10)2/h3-6,13H2,1-2H3,(H,15,18). The van der Waals surface area contributed by atoms with E-state index in [1.165, 1.54) is 16.4 Å². The minimum Gasteiger partial charge on any atom is -0.314 e. The van der Waals surface area contributed by atoms with Crippen LogP contribution < -0.4 is 16.9 Å². The minimum absolute atomic E-state index is 0.473. The summed E-state index contributed by atoms with van der Waals surface area (Å²) in [6.45, 7) is 1.70. The van der Waals surface area contributed by atoms with Crippen molar-refractivity contribution in [1.82, 2.24) is 14.8 Å². The van der Waals surface area contributed by atoms with Crippen molar-refractivity contribution in [3.63, 3.8) is 0 Å². The second-order valence-electron chi connectivity index (χ2n) is 4.53. The van der Waals surface area contributed by atoms with Crippen LogP contribution in [0.1, 0.15) is 26.2 Å². The number of aromatic nitrogens is 3. The van der Waals surface area contributed by atoms with Gasteiger partial charge in [0.15, 0.2) is 5.16 Å². The largest absolute Gasteiger partial charge is 0.339 e. The molecule has 1 aromatic rings. The van der Waals surface area contributed by atoms with Gasteiger partial charge in [-0.3, -0.25) is 19.4 Å². The van der Waals surface area contributed by atoms with Gasteiger partial charge in [0.2, 0.25) is 0 Å². The Morgan fingerprint density at radius 1 is 1.53 bits per heavy atom. The molecule has 0 spiro atoms. The van der Waals surface area contributed by atoms with Gasteiger partial charge in [0.25, 0.3) is 0 Å². The van der Waals surface area contributed by atoms with Crippen LogP contribution in [-0.2, 0) is 7.05 Å². The van der Waals surface area contributed by atoms with E-state index in [0.717, 1.165) is 18.6 Å². The Kier molecular flexibility index (Phi) is 5.32. The van der Waals surface area contributed by atoms with Gasteiger partial charge in [0.1, 0.15) is 5.54 Å². The maximum Gasteiger partial charge on any atom is 0.339 e. The first-order valence-corrected chi connectivity index (χ1v) is 6.84. The topological polar surface area (TPSA) is 118 Å². The van der Waals surface area contributed by atoms with E-state index >= 15 is 0 Å². The van der Waals surface area contributed by atoms with Crippen molar-refractivity contribution in [1.29, 1.82) is 5.26 Å². The van der Waals surface area contributed by atoms with E-state index < -0.39 is 16.7 Å². The summed E-state index contributed by atoms with van der Waals surface area (Å²) in [5.74, 6) is 0.744. The molecule has 0 fully saturated rings. The normalized spacial score (nSPS) is 13.8. The third-order valence-corrected chi connectivity index (χ3v) is 3.64. The van der Waals surface area contributed by atoms with Crippen molar-refractivity contribution in [2.45, 2.75) is 36.9 Å². The Bertz CT molecular complexity index is 584. The van der Waals surface area contributed by atoms with E-state index in [4.69, 9.17) is 11.0 Å². The van der Waals surface area contributed by atoms with Crippen molar-refractivity contribution in [2.75, 3.05) is 5.75 Å². The molecule has 0 aromatic carbocycles. The summed E-state index contributed by atoms with van der Waals surface area (Å²) >= 11 is 1.39. The van der Waals surface area contributed by atoms with Gasteiger partial charge in [-0.05, 0) is 26.2 Å². The summed E-state index contributed by atoms with van der Waals surface area (Å²) < 4.78 is 1.43. The number of thioether (sulfide) groups is 1. The first-order valence-electron chi connectivity index (χ1n) is 5.86. The molecular weight excluding hydrogens is 266 g/mol. The molecule has 0 saturated carbocycles. The molecule has 0 aliphatic heterocycles. The Morgan fingerprint density at radius 3 is 2.84 bits per heavy atom. The minimum atomic E-state index is -0.784. The number of unbranched alkanes of at least 4 members (excludes halogenated alkanes) is 1. The molecule has 0 saturated heterocycles. The predicted octanol–water partition coefficient (Wildman–Crippen LogP) is -0.0280. The first kappa shape index (κ1) is 15.5. The number of nitrogens with zero attached hydrogens (tertiary/aromatic N) is 3. The molecule has 1 unspecified atom stereocenters. The summed E-state index contributed by atoms with van der Waals surface area (Å²) in [6.07, 6.45) is 2.31. The average molecular weight is 283 g/mol. The van der Waals surface area contributed by atoms with Crippen LogP contribution in [0.15, 0.2) is 14.7 Å². The quantitative estimate of drug-likeness (QED) is 0.430. The Hall–Kier alpha value is -1.59. The molecule has 1 aromatic heterocycles. The van der Waals surface area contributed by atoms with Crippen LogP contribution in [0, 0.1) is 11.3 Å². The monoisotopic (exact) mass is 283 g/mol. The third kappa shape index (κ3) is 4.89. The van der Waals surface area contributed by atoms with Gasteiger partial charge in [-0.1, -0.05) is 11.8 Å². The smallest absolute Gasteiger partial charge is 0.314 e. The number of aromatic amines is 1. The van der Waals surface area contributed by atoms with E-state index in [9.17, 15) is 9.59 Å². The SMILES string of the molecule is Cn1[nH]c(=O)c(=O)nc1SCCCCC(C)(N)C#N. The van der Waals surface area contributed by atoms with Gasteiger partial charge in [-0.2, -0.15) is 10.2 Å². The molecule has 19 heavy (non-hydrogen) atoms. The highest BCUT2D eigenvalue weighted by Crippen LogP contribution is 2.16. The van der Waals surface area contributed by atoms with Crippen molar-refractivity contribution < 1.29 is 0 Å². The number of H-pyrrole nitrogens is 1. The van der Waals surface area contributed by atoms with E-state index in [1.807, 2.05) is 6.07 Å². The molecule has 7 nitrogen and oxygen atoms in total. The number of nitriles is 1. The zero-order chi connectivity index (χ0) is 14.5. The summed E-state index contributed by atoms with van der Waals surface area (Å²) in [5, 5.41) is 11.6. The lowest BCUT2D eigenvalue weighted by atomic mass is 9.99. The lowest BCUT2D eigenvalue weighted by Gasteiger charge is -2.14. The predicted molar refractivity (Wildman–Crippen MR) is 72.9 cm³/mol. The number of hydrogen-bond donors (Lipinski definition) is 2. The molecule has 104 valence electrons. The van der Waals surface area contributed by atoms with Gasteiger partial charge in [0, 0.05) is 12.8 Å². The Labute approximate surface area is 114 Å². The molecule has 0 amide bonds. The van der Waals surface area contributed by atoms with Crippen LogP contribution in [0.4, 0.5) is 0 Å². The van der Waals surface area contributed by atoms with Crippen LogP contribution in [0.3, 0.4) is 0 Å². The Morgan fingerprint density at radius 2 is 2.21 bits per heavy atom. The van der Waals surface area contributed by atoms with Crippen LogP contribution >= 0.6 is 11.8 Å². The molecule has 0 aliphatic carbocycles. The van der Waals surface area contributed by atoms with E-state index in [-0.39, 0.29) is 0 Å². The summed E-state index contributed by atoms with van der Waals surface area (Å²) in [6, 6.07) is 2.05. The fourth-order valence-corrected chi connectivity index (χ4v) is 2.32. The van der Waals surface area contributed by atoms with Gasteiger partial charge < -0.3 is 5.73 Å². The number of aryl methyl sites for hydroxylation is 1. The highest BCUT2D eigenvalue weighted by atomic mass is 32.2.